The van der Waals surface area contributed by atoms with Gasteiger partial charge in [-0.2, -0.15) is 0 Å². The highest BCUT2D eigenvalue weighted by atomic mass is 16.6. The highest BCUT2D eigenvalue weighted by Gasteiger charge is 2.23. The highest BCUT2D eigenvalue weighted by molar-refractivity contribution is 5.41. The third kappa shape index (κ3) is 3.56. The lowest BCUT2D eigenvalue weighted by atomic mass is 9.78. The Morgan fingerprint density at radius 2 is 1.24 bits per heavy atom. The van der Waals surface area contributed by atoms with Crippen molar-refractivity contribution in [3.05, 3.63) is 59.7 Å². The lowest BCUT2D eigenvalue weighted by Gasteiger charge is -2.26. The van der Waals surface area contributed by atoms with Gasteiger partial charge in [0.1, 0.15) is 11.5 Å². The van der Waals surface area contributed by atoms with E-state index in [2.05, 4.69) is 26.0 Å². The average Bonchev–Trinajstić information content (AvgIpc) is 2.49. The van der Waals surface area contributed by atoms with Crippen LogP contribution < -0.4 is 9.47 Å². The van der Waals surface area contributed by atoms with Crippen LogP contribution in [0.1, 0.15) is 31.9 Å². The smallest absolute Gasteiger partial charge is 0.186 e. The van der Waals surface area contributed by atoms with E-state index in [1.54, 1.807) is 0 Å². The maximum atomic E-state index is 8.76. The zero-order valence-electron chi connectivity index (χ0n) is 12.8. The fourth-order valence-electron chi connectivity index (χ4n) is 2.34. The van der Waals surface area contributed by atoms with Crippen molar-refractivity contribution in [2.24, 2.45) is 0 Å². The summed E-state index contributed by atoms with van der Waals surface area (Å²) in [7, 11) is 0. The van der Waals surface area contributed by atoms with Gasteiger partial charge in [0.15, 0.2) is 6.79 Å². The molecule has 21 heavy (non-hydrogen) atoms. The topological polar surface area (TPSA) is 38.7 Å². The molecule has 112 valence electrons. The van der Waals surface area contributed by atoms with Crippen molar-refractivity contribution in [3.8, 4) is 11.5 Å². The van der Waals surface area contributed by atoms with E-state index in [1.807, 2.05) is 43.3 Å². The van der Waals surface area contributed by atoms with E-state index in [0.29, 0.717) is 12.4 Å². The van der Waals surface area contributed by atoms with Gasteiger partial charge < -0.3 is 14.6 Å². The fraction of sp³-hybridized carbons (Fsp3) is 0.333. The largest absolute Gasteiger partial charge is 0.494 e. The second-order valence-electron chi connectivity index (χ2n) is 5.38. The normalized spacial score (nSPS) is 11.2. The summed E-state index contributed by atoms with van der Waals surface area (Å²) in [6, 6.07) is 16.0. The fourth-order valence-corrected chi connectivity index (χ4v) is 2.34. The summed E-state index contributed by atoms with van der Waals surface area (Å²) in [5, 5.41) is 8.76. The number of aliphatic hydroxyl groups is 1. The summed E-state index contributed by atoms with van der Waals surface area (Å²) in [4.78, 5) is 0. The Balaban J connectivity index is 2.23. The predicted molar refractivity (Wildman–Crippen MR) is 83.9 cm³/mol. The molecule has 1 N–H and O–H groups in total. The summed E-state index contributed by atoms with van der Waals surface area (Å²) in [5.41, 5.74) is 2.31. The van der Waals surface area contributed by atoms with E-state index in [0.717, 1.165) is 5.75 Å². The van der Waals surface area contributed by atoms with E-state index >= 15 is 0 Å². The lowest BCUT2D eigenvalue weighted by Crippen LogP contribution is -2.18. The van der Waals surface area contributed by atoms with Crippen molar-refractivity contribution in [1.82, 2.24) is 0 Å². The van der Waals surface area contributed by atoms with Gasteiger partial charge in [0.25, 0.3) is 0 Å². The van der Waals surface area contributed by atoms with Crippen LogP contribution in [0.5, 0.6) is 11.5 Å². The summed E-state index contributed by atoms with van der Waals surface area (Å²) in [6.07, 6.45) is 0. The first-order valence-corrected chi connectivity index (χ1v) is 7.15. The van der Waals surface area contributed by atoms with E-state index in [9.17, 15) is 0 Å². The minimum atomic E-state index is -0.304. The van der Waals surface area contributed by atoms with Crippen molar-refractivity contribution >= 4 is 0 Å². The molecule has 0 aliphatic heterocycles. The summed E-state index contributed by atoms with van der Waals surface area (Å²) >= 11 is 0. The Morgan fingerprint density at radius 1 is 0.810 bits per heavy atom. The number of benzene rings is 2. The molecule has 0 saturated heterocycles. The number of rotatable bonds is 6. The van der Waals surface area contributed by atoms with Gasteiger partial charge in [0.05, 0.1) is 6.61 Å². The van der Waals surface area contributed by atoms with Crippen LogP contribution in [0.15, 0.2) is 48.5 Å². The van der Waals surface area contributed by atoms with E-state index < -0.39 is 0 Å². The molecule has 0 atom stereocenters. The number of ether oxygens (including phenoxy) is 2. The van der Waals surface area contributed by atoms with Gasteiger partial charge in [-0.3, -0.25) is 0 Å². The van der Waals surface area contributed by atoms with Crippen LogP contribution in [0, 0.1) is 0 Å². The lowest BCUT2D eigenvalue weighted by molar-refractivity contribution is 0.0985. The maximum absolute atomic E-state index is 8.76. The van der Waals surface area contributed by atoms with Gasteiger partial charge in [-0.15, -0.1) is 0 Å². The molecule has 2 rings (SSSR count). The van der Waals surface area contributed by atoms with E-state index in [1.165, 1.54) is 11.1 Å². The number of aliphatic hydroxyl groups excluding tert-OH is 1. The van der Waals surface area contributed by atoms with Crippen LogP contribution in [0.25, 0.3) is 0 Å². The molecular weight excluding hydrogens is 264 g/mol. The second-order valence-corrected chi connectivity index (χ2v) is 5.38. The van der Waals surface area contributed by atoms with Gasteiger partial charge in [0, 0.05) is 5.41 Å². The van der Waals surface area contributed by atoms with Crippen LogP contribution in [0.3, 0.4) is 0 Å². The Bertz CT molecular complexity index is 505. The summed E-state index contributed by atoms with van der Waals surface area (Å²) in [6.45, 7) is 6.72. The van der Waals surface area contributed by atoms with Crippen molar-refractivity contribution < 1.29 is 14.6 Å². The molecule has 2 aromatic rings. The molecule has 0 radical (unpaired) electrons. The Kier molecular flexibility index (Phi) is 4.86. The monoisotopic (exact) mass is 286 g/mol. The molecule has 0 fully saturated rings. The van der Waals surface area contributed by atoms with Crippen LogP contribution in [0.2, 0.25) is 0 Å². The number of hydrogen-bond acceptors (Lipinski definition) is 3. The Labute approximate surface area is 126 Å². The van der Waals surface area contributed by atoms with Crippen LogP contribution in [-0.2, 0) is 5.41 Å². The zero-order valence-corrected chi connectivity index (χ0v) is 12.8. The minimum Gasteiger partial charge on any atom is -0.494 e. The molecular formula is C18H22O3. The molecule has 3 nitrogen and oxygen atoms in total. The quantitative estimate of drug-likeness (QED) is 0.822. The second kappa shape index (κ2) is 6.64. The first-order valence-electron chi connectivity index (χ1n) is 7.15. The SMILES string of the molecule is CCOc1ccc(C(C)(C)c2ccc(OCO)cc2)cc1. The molecule has 2 aromatic carbocycles. The molecule has 0 spiro atoms. The van der Waals surface area contributed by atoms with Crippen LogP contribution in [0.4, 0.5) is 0 Å². The zero-order chi connectivity index (χ0) is 15.3. The van der Waals surface area contributed by atoms with Crippen molar-refractivity contribution in [1.29, 1.82) is 0 Å². The third-order valence-electron chi connectivity index (χ3n) is 3.69. The van der Waals surface area contributed by atoms with Gasteiger partial charge in [-0.05, 0) is 42.3 Å². The van der Waals surface area contributed by atoms with E-state index in [-0.39, 0.29) is 12.2 Å². The molecule has 0 aliphatic carbocycles. The molecule has 0 aliphatic rings. The Morgan fingerprint density at radius 3 is 1.62 bits per heavy atom. The summed E-state index contributed by atoms with van der Waals surface area (Å²) < 4.78 is 10.5. The highest BCUT2D eigenvalue weighted by Crippen LogP contribution is 2.33. The van der Waals surface area contributed by atoms with Gasteiger partial charge >= 0.3 is 0 Å². The standard InChI is InChI=1S/C18H22O3/c1-4-20-16-9-5-14(6-10-16)18(2,3)15-7-11-17(12-8-15)21-13-19/h5-12,19H,4,13H2,1-3H3. The van der Waals surface area contributed by atoms with Gasteiger partial charge in [-0.1, -0.05) is 38.1 Å². The predicted octanol–water partition coefficient (Wildman–Crippen LogP) is 3.74. The summed E-state index contributed by atoms with van der Waals surface area (Å²) in [5.74, 6) is 1.56. The minimum absolute atomic E-state index is 0.109. The number of hydrogen-bond donors (Lipinski definition) is 1. The third-order valence-corrected chi connectivity index (χ3v) is 3.69. The molecule has 0 saturated carbocycles. The first-order chi connectivity index (χ1) is 10.1. The molecule has 0 aromatic heterocycles. The molecule has 0 bridgehead atoms. The van der Waals surface area contributed by atoms with Gasteiger partial charge in [0.2, 0.25) is 0 Å². The average molecular weight is 286 g/mol. The Hall–Kier alpha value is -2.00. The maximum Gasteiger partial charge on any atom is 0.186 e. The van der Waals surface area contributed by atoms with Crippen LogP contribution >= 0.6 is 0 Å². The first kappa shape index (κ1) is 15.4. The van der Waals surface area contributed by atoms with Crippen molar-refractivity contribution in [2.75, 3.05) is 13.4 Å². The van der Waals surface area contributed by atoms with Crippen molar-refractivity contribution in [3.63, 3.8) is 0 Å². The molecule has 3 heteroatoms. The molecule has 0 amide bonds. The van der Waals surface area contributed by atoms with Gasteiger partial charge in [-0.25, -0.2) is 0 Å². The van der Waals surface area contributed by atoms with E-state index in [4.69, 9.17) is 14.6 Å². The van der Waals surface area contributed by atoms with Crippen molar-refractivity contribution in [2.45, 2.75) is 26.2 Å². The molecule has 0 unspecified atom stereocenters. The van der Waals surface area contributed by atoms with Crippen LogP contribution in [-0.4, -0.2) is 18.5 Å². The molecule has 0 heterocycles.